The van der Waals surface area contributed by atoms with E-state index in [4.69, 9.17) is 5.11 Å². The molecule has 1 amide bonds. The van der Waals surface area contributed by atoms with Crippen LogP contribution in [0.4, 0.5) is 0 Å². The highest BCUT2D eigenvalue weighted by molar-refractivity contribution is 5.83. The molecule has 27 heavy (non-hydrogen) atoms. The Morgan fingerprint density at radius 3 is 1.70 bits per heavy atom. The molecule has 0 bridgehead atoms. The number of carbonyl (C=O) groups is 2. The summed E-state index contributed by atoms with van der Waals surface area (Å²) in [5, 5.41) is 14.8. The molecule has 0 aromatic heterocycles. The topological polar surface area (TPSA) is 78.4 Å². The van der Waals surface area contributed by atoms with Crippen LogP contribution >= 0.6 is 0 Å². The third kappa shape index (κ3) is 18.0. The molecule has 3 N–H and O–H groups in total. The summed E-state index contributed by atoms with van der Waals surface area (Å²) in [6, 6.07) is -0.758. The quantitative estimate of drug-likeness (QED) is 0.257. The Balaban J connectivity index is 3.25. The molecule has 0 saturated carbocycles. The Kier molecular flexibility index (Phi) is 18.9. The third-order valence-electron chi connectivity index (χ3n) is 5.01. The normalized spacial score (nSPS) is 12.1. The Labute approximate surface area is 167 Å². The molecule has 0 saturated heterocycles. The van der Waals surface area contributed by atoms with Crippen LogP contribution in [0.3, 0.4) is 0 Å². The zero-order valence-electron chi connectivity index (χ0n) is 17.9. The summed E-state index contributed by atoms with van der Waals surface area (Å²) in [4.78, 5) is 22.5. The van der Waals surface area contributed by atoms with Gasteiger partial charge in [-0.25, -0.2) is 4.79 Å². The Morgan fingerprint density at radius 1 is 0.741 bits per heavy atom. The molecule has 0 rings (SSSR count). The second-order valence-corrected chi connectivity index (χ2v) is 7.61. The Hall–Kier alpha value is -1.10. The van der Waals surface area contributed by atoms with Gasteiger partial charge in [0, 0.05) is 6.42 Å². The highest BCUT2D eigenvalue weighted by Gasteiger charge is 2.16. The molecule has 5 heteroatoms. The predicted octanol–water partition coefficient (Wildman–Crippen LogP) is 5.04. The summed E-state index contributed by atoms with van der Waals surface area (Å²) in [5.74, 6) is -1.13. The molecule has 1 atom stereocenters. The number of carboxylic acid groups (broad SMARTS) is 1. The van der Waals surface area contributed by atoms with E-state index in [0.29, 0.717) is 12.8 Å². The van der Waals surface area contributed by atoms with Crippen molar-refractivity contribution in [2.24, 2.45) is 0 Å². The van der Waals surface area contributed by atoms with Gasteiger partial charge in [-0.3, -0.25) is 4.79 Å². The molecule has 0 aromatic rings. The largest absolute Gasteiger partial charge is 0.480 e. The summed E-state index contributed by atoms with van der Waals surface area (Å²) < 4.78 is 0. The van der Waals surface area contributed by atoms with Gasteiger partial charge < -0.3 is 15.7 Å². The van der Waals surface area contributed by atoms with E-state index in [1.165, 1.54) is 77.0 Å². The van der Waals surface area contributed by atoms with E-state index in [1.54, 1.807) is 6.92 Å². The molecule has 0 aliphatic carbocycles. The lowest BCUT2D eigenvalue weighted by Gasteiger charge is -2.12. The molecule has 1 unspecified atom stereocenters. The molecule has 0 aliphatic heterocycles. The maximum atomic E-state index is 11.7. The van der Waals surface area contributed by atoms with Gasteiger partial charge in [-0.1, -0.05) is 84.5 Å². The minimum absolute atomic E-state index is 0.170. The fourth-order valence-corrected chi connectivity index (χ4v) is 3.19. The van der Waals surface area contributed by atoms with Gasteiger partial charge in [0.1, 0.15) is 6.04 Å². The number of hydrogen-bond donors (Lipinski definition) is 3. The average Bonchev–Trinajstić information content (AvgIpc) is 2.65. The van der Waals surface area contributed by atoms with Crippen molar-refractivity contribution in [3.05, 3.63) is 0 Å². The first-order valence-electron chi connectivity index (χ1n) is 11.3. The van der Waals surface area contributed by atoms with Gasteiger partial charge in [-0.2, -0.15) is 0 Å². The smallest absolute Gasteiger partial charge is 0.326 e. The highest BCUT2D eigenvalue weighted by atomic mass is 16.4. The Bertz CT molecular complexity index is 361. The standard InChI is InChI=1S/C22H44N2O3/c1-3-5-6-7-8-9-10-11-12-13-14-15-18-23-19-16-17-21(25)24-20(4-2)22(26)27/h20,23H,3-19H2,1-2H3,(H,24,25)(H,26,27). The fraction of sp³-hybridized carbons (Fsp3) is 0.909. The monoisotopic (exact) mass is 384 g/mol. The molecule has 0 heterocycles. The van der Waals surface area contributed by atoms with Crippen LogP contribution in [-0.4, -0.2) is 36.1 Å². The summed E-state index contributed by atoms with van der Waals surface area (Å²) in [6.45, 7) is 5.84. The summed E-state index contributed by atoms with van der Waals surface area (Å²) in [6.07, 6.45) is 17.9. The van der Waals surface area contributed by atoms with Crippen molar-refractivity contribution in [3.63, 3.8) is 0 Å². The maximum Gasteiger partial charge on any atom is 0.326 e. The van der Waals surface area contributed by atoms with Crippen molar-refractivity contribution in [2.75, 3.05) is 13.1 Å². The van der Waals surface area contributed by atoms with E-state index in [2.05, 4.69) is 17.6 Å². The molecular formula is C22H44N2O3. The van der Waals surface area contributed by atoms with E-state index >= 15 is 0 Å². The van der Waals surface area contributed by atoms with Crippen LogP contribution in [0.2, 0.25) is 0 Å². The maximum absolute atomic E-state index is 11.7. The van der Waals surface area contributed by atoms with Crippen LogP contribution in [0.15, 0.2) is 0 Å². The lowest BCUT2D eigenvalue weighted by Crippen LogP contribution is -2.40. The average molecular weight is 385 g/mol. The third-order valence-corrected chi connectivity index (χ3v) is 5.01. The molecule has 5 nitrogen and oxygen atoms in total. The van der Waals surface area contributed by atoms with Crippen molar-refractivity contribution in [3.8, 4) is 0 Å². The van der Waals surface area contributed by atoms with Crippen LogP contribution in [-0.2, 0) is 9.59 Å². The van der Waals surface area contributed by atoms with Crippen LogP contribution < -0.4 is 10.6 Å². The molecule has 0 aliphatic rings. The molecule has 0 spiro atoms. The molecule has 0 radical (unpaired) electrons. The second kappa shape index (κ2) is 19.7. The van der Waals surface area contributed by atoms with E-state index in [9.17, 15) is 9.59 Å². The molecule has 0 aromatic carbocycles. The zero-order chi connectivity index (χ0) is 20.2. The molecular weight excluding hydrogens is 340 g/mol. The summed E-state index contributed by atoms with van der Waals surface area (Å²) in [5.41, 5.74) is 0. The fourth-order valence-electron chi connectivity index (χ4n) is 3.19. The van der Waals surface area contributed by atoms with E-state index < -0.39 is 12.0 Å². The van der Waals surface area contributed by atoms with Gasteiger partial charge in [0.2, 0.25) is 5.91 Å². The van der Waals surface area contributed by atoms with Gasteiger partial charge in [0.15, 0.2) is 0 Å². The van der Waals surface area contributed by atoms with Gasteiger partial charge in [-0.15, -0.1) is 0 Å². The molecule has 160 valence electrons. The number of aliphatic carboxylic acids is 1. The van der Waals surface area contributed by atoms with Crippen molar-refractivity contribution < 1.29 is 14.7 Å². The summed E-state index contributed by atoms with van der Waals surface area (Å²) >= 11 is 0. The van der Waals surface area contributed by atoms with Crippen molar-refractivity contribution in [1.29, 1.82) is 0 Å². The van der Waals surface area contributed by atoms with Gasteiger partial charge >= 0.3 is 5.97 Å². The van der Waals surface area contributed by atoms with Crippen molar-refractivity contribution in [2.45, 2.75) is 116 Å². The summed E-state index contributed by atoms with van der Waals surface area (Å²) in [7, 11) is 0. The number of unbranched alkanes of at least 4 members (excludes halogenated alkanes) is 11. The lowest BCUT2D eigenvalue weighted by molar-refractivity contribution is -0.141. The SMILES string of the molecule is CCCCCCCCCCCCCCNCCCC(=O)NC(CC)C(=O)O. The van der Waals surface area contributed by atoms with Crippen LogP contribution in [0.1, 0.15) is 110 Å². The van der Waals surface area contributed by atoms with Crippen molar-refractivity contribution >= 4 is 11.9 Å². The van der Waals surface area contributed by atoms with Gasteiger partial charge in [-0.05, 0) is 32.4 Å². The first-order chi connectivity index (χ1) is 13.1. The number of nitrogens with one attached hydrogen (secondary N) is 2. The highest BCUT2D eigenvalue weighted by Crippen LogP contribution is 2.11. The predicted molar refractivity (Wildman–Crippen MR) is 113 cm³/mol. The van der Waals surface area contributed by atoms with Crippen LogP contribution in [0, 0.1) is 0 Å². The van der Waals surface area contributed by atoms with Crippen LogP contribution in [0.5, 0.6) is 0 Å². The van der Waals surface area contributed by atoms with E-state index in [0.717, 1.165) is 19.5 Å². The number of carboxylic acids is 1. The van der Waals surface area contributed by atoms with Crippen LogP contribution in [0.25, 0.3) is 0 Å². The van der Waals surface area contributed by atoms with Gasteiger partial charge in [0.05, 0.1) is 0 Å². The second-order valence-electron chi connectivity index (χ2n) is 7.61. The number of hydrogen-bond acceptors (Lipinski definition) is 3. The zero-order valence-corrected chi connectivity index (χ0v) is 17.9. The van der Waals surface area contributed by atoms with E-state index in [-0.39, 0.29) is 5.91 Å². The van der Waals surface area contributed by atoms with Crippen molar-refractivity contribution in [1.82, 2.24) is 10.6 Å². The van der Waals surface area contributed by atoms with Gasteiger partial charge in [0.25, 0.3) is 0 Å². The number of carbonyl (C=O) groups excluding carboxylic acids is 1. The van der Waals surface area contributed by atoms with E-state index in [1.807, 2.05) is 0 Å². The number of rotatable bonds is 20. The first kappa shape index (κ1) is 25.9. The first-order valence-corrected chi connectivity index (χ1v) is 11.3. The number of amides is 1. The Morgan fingerprint density at radius 2 is 1.22 bits per heavy atom. The lowest BCUT2D eigenvalue weighted by atomic mass is 10.1. The minimum atomic E-state index is -0.962. The molecule has 0 fully saturated rings. The minimum Gasteiger partial charge on any atom is -0.480 e.